The molecule has 1 fully saturated rings. The Morgan fingerprint density at radius 2 is 2.53 bits per heavy atom. The predicted octanol–water partition coefficient (Wildman–Crippen LogP) is 1.38. The number of methoxy groups -OCH3 is 1. The van der Waals surface area contributed by atoms with Gasteiger partial charge in [0.15, 0.2) is 0 Å². The topological polar surface area (TPSA) is 58.6 Å². The van der Waals surface area contributed by atoms with Gasteiger partial charge < -0.3 is 15.0 Å². The maximum absolute atomic E-state index is 11.6. The standard InChI is InChI=1S/C11H14N2O3S/c1-16-10(14)4-5-13-7-8(12-11(13)15)9-3-2-6-17-9/h2-3,6,8H,4-5,7H2,1H3,(H,12,15). The molecular formula is C11H14N2O3S. The second kappa shape index (κ2) is 5.18. The van der Waals surface area contributed by atoms with E-state index < -0.39 is 0 Å². The van der Waals surface area contributed by atoms with Crippen molar-refractivity contribution in [2.24, 2.45) is 0 Å². The average Bonchev–Trinajstić information content (AvgIpc) is 2.95. The molecule has 0 aromatic carbocycles. The van der Waals surface area contributed by atoms with Gasteiger partial charge >= 0.3 is 12.0 Å². The van der Waals surface area contributed by atoms with Gasteiger partial charge in [-0.2, -0.15) is 0 Å². The molecule has 1 unspecified atom stereocenters. The van der Waals surface area contributed by atoms with Crippen molar-refractivity contribution in [3.05, 3.63) is 22.4 Å². The van der Waals surface area contributed by atoms with Crippen LogP contribution >= 0.6 is 11.3 Å². The van der Waals surface area contributed by atoms with Crippen molar-refractivity contribution in [2.75, 3.05) is 20.2 Å². The Balaban J connectivity index is 1.89. The van der Waals surface area contributed by atoms with Crippen molar-refractivity contribution in [2.45, 2.75) is 12.5 Å². The van der Waals surface area contributed by atoms with Gasteiger partial charge in [0.05, 0.1) is 19.6 Å². The van der Waals surface area contributed by atoms with Crippen molar-refractivity contribution < 1.29 is 14.3 Å². The van der Waals surface area contributed by atoms with Gasteiger partial charge in [-0.25, -0.2) is 4.79 Å². The maximum Gasteiger partial charge on any atom is 0.318 e. The first-order valence-electron chi connectivity index (χ1n) is 5.36. The van der Waals surface area contributed by atoms with Gasteiger partial charge in [-0.3, -0.25) is 4.79 Å². The van der Waals surface area contributed by atoms with E-state index in [4.69, 9.17) is 0 Å². The first-order chi connectivity index (χ1) is 8.20. The van der Waals surface area contributed by atoms with E-state index in [0.29, 0.717) is 13.1 Å². The van der Waals surface area contributed by atoms with E-state index in [1.165, 1.54) is 7.11 Å². The molecule has 0 radical (unpaired) electrons. The third-order valence-electron chi connectivity index (χ3n) is 2.69. The minimum Gasteiger partial charge on any atom is -0.469 e. The number of hydrogen-bond donors (Lipinski definition) is 1. The van der Waals surface area contributed by atoms with Crippen molar-refractivity contribution >= 4 is 23.3 Å². The van der Waals surface area contributed by atoms with E-state index in [-0.39, 0.29) is 24.5 Å². The van der Waals surface area contributed by atoms with Crippen LogP contribution in [0.2, 0.25) is 0 Å². The fourth-order valence-corrected chi connectivity index (χ4v) is 2.53. The van der Waals surface area contributed by atoms with Gasteiger partial charge in [0.25, 0.3) is 0 Å². The van der Waals surface area contributed by atoms with E-state index in [0.717, 1.165) is 4.88 Å². The highest BCUT2D eigenvalue weighted by Crippen LogP contribution is 2.24. The lowest BCUT2D eigenvalue weighted by atomic mass is 10.2. The molecule has 1 aromatic rings. The Morgan fingerprint density at radius 3 is 3.18 bits per heavy atom. The summed E-state index contributed by atoms with van der Waals surface area (Å²) >= 11 is 1.62. The molecule has 0 aliphatic carbocycles. The van der Waals surface area contributed by atoms with E-state index in [1.54, 1.807) is 16.2 Å². The number of hydrogen-bond acceptors (Lipinski definition) is 4. The second-order valence-corrected chi connectivity index (χ2v) is 4.77. The van der Waals surface area contributed by atoms with Gasteiger partial charge in [-0.05, 0) is 11.4 Å². The lowest BCUT2D eigenvalue weighted by Gasteiger charge is -2.13. The first kappa shape index (κ1) is 11.9. The molecule has 0 spiro atoms. The zero-order valence-corrected chi connectivity index (χ0v) is 10.3. The van der Waals surface area contributed by atoms with E-state index in [2.05, 4.69) is 10.1 Å². The summed E-state index contributed by atoms with van der Waals surface area (Å²) in [6.07, 6.45) is 0.237. The van der Waals surface area contributed by atoms with Crippen LogP contribution in [-0.2, 0) is 9.53 Å². The number of nitrogens with zero attached hydrogens (tertiary/aromatic N) is 1. The summed E-state index contributed by atoms with van der Waals surface area (Å²) < 4.78 is 4.55. The zero-order chi connectivity index (χ0) is 12.3. The molecule has 1 saturated heterocycles. The highest BCUT2D eigenvalue weighted by atomic mass is 32.1. The lowest BCUT2D eigenvalue weighted by molar-refractivity contribution is -0.140. The molecule has 2 heterocycles. The number of esters is 1. The molecule has 17 heavy (non-hydrogen) atoms. The highest BCUT2D eigenvalue weighted by molar-refractivity contribution is 7.10. The van der Waals surface area contributed by atoms with Crippen LogP contribution < -0.4 is 5.32 Å². The van der Waals surface area contributed by atoms with E-state index in [1.807, 2.05) is 17.5 Å². The van der Waals surface area contributed by atoms with Crippen molar-refractivity contribution in [1.29, 1.82) is 0 Å². The summed E-state index contributed by atoms with van der Waals surface area (Å²) in [6.45, 7) is 1.01. The Hall–Kier alpha value is -1.56. The third-order valence-corrected chi connectivity index (χ3v) is 3.67. The maximum atomic E-state index is 11.6. The summed E-state index contributed by atoms with van der Waals surface area (Å²) in [5, 5.41) is 4.88. The Kier molecular flexibility index (Phi) is 3.63. The second-order valence-electron chi connectivity index (χ2n) is 3.79. The number of carbonyl (C=O) groups excluding carboxylic acids is 2. The Morgan fingerprint density at radius 1 is 1.71 bits per heavy atom. The van der Waals surface area contributed by atoms with Crippen molar-refractivity contribution in [1.82, 2.24) is 10.2 Å². The number of urea groups is 1. The van der Waals surface area contributed by atoms with Crippen molar-refractivity contribution in [3.63, 3.8) is 0 Å². The van der Waals surface area contributed by atoms with Crippen LogP contribution in [0.3, 0.4) is 0 Å². The molecule has 2 rings (SSSR count). The molecule has 6 heteroatoms. The normalized spacial score (nSPS) is 19.2. The van der Waals surface area contributed by atoms with Crippen LogP contribution in [0.1, 0.15) is 17.3 Å². The molecule has 1 aliphatic heterocycles. The van der Waals surface area contributed by atoms with Gasteiger partial charge in [-0.1, -0.05) is 6.07 Å². The van der Waals surface area contributed by atoms with Gasteiger partial charge in [0.2, 0.25) is 0 Å². The first-order valence-corrected chi connectivity index (χ1v) is 6.24. The number of nitrogens with one attached hydrogen (secondary N) is 1. The highest BCUT2D eigenvalue weighted by Gasteiger charge is 2.30. The number of rotatable bonds is 4. The summed E-state index contributed by atoms with van der Waals surface area (Å²) in [6, 6.07) is 3.88. The van der Waals surface area contributed by atoms with Crippen LogP contribution in [0, 0.1) is 0 Å². The molecule has 2 amide bonds. The fourth-order valence-electron chi connectivity index (χ4n) is 1.76. The van der Waals surface area contributed by atoms with Crippen LogP contribution in [0.25, 0.3) is 0 Å². The van der Waals surface area contributed by atoms with E-state index in [9.17, 15) is 9.59 Å². The van der Waals surface area contributed by atoms with Gasteiger partial charge in [0, 0.05) is 18.0 Å². The molecule has 92 valence electrons. The molecule has 1 N–H and O–H groups in total. The number of carbonyl (C=O) groups is 2. The smallest absolute Gasteiger partial charge is 0.318 e. The summed E-state index contributed by atoms with van der Waals surface area (Å²) in [4.78, 5) is 25.4. The molecule has 0 bridgehead atoms. The Labute approximate surface area is 103 Å². The molecule has 1 aromatic heterocycles. The largest absolute Gasteiger partial charge is 0.469 e. The number of amides is 2. The third kappa shape index (κ3) is 2.76. The van der Waals surface area contributed by atoms with Crippen molar-refractivity contribution in [3.8, 4) is 0 Å². The monoisotopic (exact) mass is 254 g/mol. The number of thiophene rings is 1. The minimum atomic E-state index is -0.294. The van der Waals surface area contributed by atoms with Crippen LogP contribution in [0.5, 0.6) is 0 Å². The van der Waals surface area contributed by atoms with Gasteiger partial charge in [-0.15, -0.1) is 11.3 Å². The minimum absolute atomic E-state index is 0.0418. The average molecular weight is 254 g/mol. The SMILES string of the molecule is COC(=O)CCN1CC(c2cccs2)NC1=O. The quantitative estimate of drug-likeness (QED) is 0.826. The van der Waals surface area contributed by atoms with Crippen LogP contribution in [-0.4, -0.2) is 37.1 Å². The Bertz CT molecular complexity index is 405. The zero-order valence-electron chi connectivity index (χ0n) is 9.51. The summed E-state index contributed by atoms with van der Waals surface area (Å²) in [7, 11) is 1.35. The number of ether oxygens (including phenoxy) is 1. The summed E-state index contributed by atoms with van der Waals surface area (Å²) in [5.74, 6) is -0.294. The lowest BCUT2D eigenvalue weighted by Crippen LogP contribution is -2.30. The molecule has 1 aliphatic rings. The summed E-state index contributed by atoms with van der Waals surface area (Å²) in [5.41, 5.74) is 0. The van der Waals surface area contributed by atoms with Gasteiger partial charge in [0.1, 0.15) is 0 Å². The fraction of sp³-hybridized carbons (Fsp3) is 0.455. The van der Waals surface area contributed by atoms with Crippen LogP contribution in [0.4, 0.5) is 4.79 Å². The molecule has 0 saturated carbocycles. The van der Waals surface area contributed by atoms with E-state index >= 15 is 0 Å². The molecule has 1 atom stereocenters. The van der Waals surface area contributed by atoms with Crippen LogP contribution in [0.15, 0.2) is 17.5 Å². The predicted molar refractivity (Wildman–Crippen MR) is 63.8 cm³/mol. The molecule has 5 nitrogen and oxygen atoms in total. The molecular weight excluding hydrogens is 240 g/mol.